The lowest BCUT2D eigenvalue weighted by Gasteiger charge is -2.15. The van der Waals surface area contributed by atoms with Crippen molar-refractivity contribution in [1.82, 2.24) is 15.1 Å². The molecular formula is C26H29F4N3O3. The lowest BCUT2D eigenvalue weighted by atomic mass is 9.98. The van der Waals surface area contributed by atoms with Crippen LogP contribution in [0.5, 0.6) is 0 Å². The molecule has 0 radical (unpaired) electrons. The van der Waals surface area contributed by atoms with Gasteiger partial charge >= 0.3 is 6.18 Å². The quantitative estimate of drug-likeness (QED) is 0.296. The number of benzene rings is 2. The van der Waals surface area contributed by atoms with Crippen LogP contribution in [0.3, 0.4) is 0 Å². The molecule has 0 aliphatic heterocycles. The third kappa shape index (κ3) is 6.70. The molecule has 0 aliphatic rings. The summed E-state index contributed by atoms with van der Waals surface area (Å²) in [5, 5.41) is 15.1. The number of nitrogens with zero attached hydrogens (tertiary/aromatic N) is 2. The molecule has 6 nitrogen and oxygen atoms in total. The number of ether oxygens (including phenoxy) is 1. The summed E-state index contributed by atoms with van der Waals surface area (Å²) in [7, 11) is 0. The van der Waals surface area contributed by atoms with Crippen molar-refractivity contribution in [3.05, 3.63) is 82.4 Å². The third-order valence-corrected chi connectivity index (χ3v) is 5.76. The zero-order valence-electron chi connectivity index (χ0n) is 20.3. The van der Waals surface area contributed by atoms with Crippen molar-refractivity contribution in [1.29, 1.82) is 0 Å². The van der Waals surface area contributed by atoms with Crippen LogP contribution < -0.4 is 5.32 Å². The fourth-order valence-corrected chi connectivity index (χ4v) is 3.60. The maximum Gasteiger partial charge on any atom is 0.435 e. The first-order chi connectivity index (χ1) is 17.0. The average Bonchev–Trinajstić information content (AvgIpc) is 3.28. The Morgan fingerprint density at radius 3 is 2.50 bits per heavy atom. The largest absolute Gasteiger partial charge is 0.435 e. The summed E-state index contributed by atoms with van der Waals surface area (Å²) in [4.78, 5) is 12.8. The molecule has 0 fully saturated rings. The molecule has 194 valence electrons. The van der Waals surface area contributed by atoms with Gasteiger partial charge in [-0.1, -0.05) is 38.1 Å². The Labute approximate surface area is 206 Å². The average molecular weight is 508 g/mol. The first-order valence-corrected chi connectivity index (χ1v) is 11.5. The normalized spacial score (nSPS) is 12.7. The van der Waals surface area contributed by atoms with Gasteiger partial charge in [0.25, 0.3) is 0 Å². The third-order valence-electron chi connectivity index (χ3n) is 5.76. The van der Waals surface area contributed by atoms with Crippen LogP contribution in [0.2, 0.25) is 0 Å². The van der Waals surface area contributed by atoms with Gasteiger partial charge in [-0.25, -0.2) is 9.07 Å². The Morgan fingerprint density at radius 1 is 1.11 bits per heavy atom. The van der Waals surface area contributed by atoms with E-state index >= 15 is 0 Å². The summed E-state index contributed by atoms with van der Waals surface area (Å²) in [6.07, 6.45) is -4.65. The molecular weight excluding hydrogens is 478 g/mol. The SMILES string of the molecule is CC(C)c1cccc(-n2nc(C(F)(F)F)cc2CNC(=O)C(C)c2ccc(COCCO)c(F)c2)c1. The van der Waals surface area contributed by atoms with Crippen molar-refractivity contribution in [3.63, 3.8) is 0 Å². The molecule has 2 aromatic carbocycles. The standard InChI is InChI=1S/C26H29F4N3O3/c1-16(2)18-5-4-6-21(11-18)33-22(13-24(32-33)26(28,29)30)14-31-25(35)17(3)19-7-8-20(23(27)12-19)15-36-10-9-34/h4-8,11-13,16-17,34H,9-10,14-15H2,1-3H3,(H,31,35). The number of aliphatic hydroxyl groups is 1. The van der Waals surface area contributed by atoms with E-state index in [1.807, 2.05) is 19.9 Å². The highest BCUT2D eigenvalue weighted by Gasteiger charge is 2.35. The molecule has 0 saturated heterocycles. The van der Waals surface area contributed by atoms with Crippen molar-refractivity contribution < 1.29 is 32.2 Å². The van der Waals surface area contributed by atoms with Crippen molar-refractivity contribution in [2.24, 2.45) is 0 Å². The fraction of sp³-hybridized carbons (Fsp3) is 0.385. The van der Waals surface area contributed by atoms with E-state index in [0.717, 1.165) is 11.6 Å². The molecule has 1 aromatic heterocycles. The van der Waals surface area contributed by atoms with E-state index in [9.17, 15) is 22.4 Å². The van der Waals surface area contributed by atoms with E-state index in [4.69, 9.17) is 9.84 Å². The number of nitrogens with one attached hydrogen (secondary N) is 1. The smallest absolute Gasteiger partial charge is 0.394 e. The second kappa shape index (κ2) is 11.7. The van der Waals surface area contributed by atoms with Gasteiger partial charge in [0.2, 0.25) is 5.91 Å². The summed E-state index contributed by atoms with van der Waals surface area (Å²) < 4.78 is 60.9. The highest BCUT2D eigenvalue weighted by Crippen LogP contribution is 2.30. The zero-order chi connectivity index (χ0) is 26.5. The van der Waals surface area contributed by atoms with E-state index in [1.54, 1.807) is 31.2 Å². The number of aromatic nitrogens is 2. The highest BCUT2D eigenvalue weighted by atomic mass is 19.4. The summed E-state index contributed by atoms with van der Waals surface area (Å²) >= 11 is 0. The van der Waals surface area contributed by atoms with Gasteiger partial charge in [0.1, 0.15) is 5.82 Å². The minimum absolute atomic E-state index is 0.0171. The fourth-order valence-electron chi connectivity index (χ4n) is 3.60. The predicted octanol–water partition coefficient (Wildman–Crippen LogP) is 5.08. The van der Waals surface area contributed by atoms with Gasteiger partial charge in [-0.2, -0.15) is 18.3 Å². The van der Waals surface area contributed by atoms with Crippen LogP contribution in [0.1, 0.15) is 60.7 Å². The Kier molecular flexibility index (Phi) is 8.86. The lowest BCUT2D eigenvalue weighted by Crippen LogP contribution is -2.28. The first-order valence-electron chi connectivity index (χ1n) is 11.5. The Balaban J connectivity index is 1.78. The number of aliphatic hydroxyl groups excluding tert-OH is 1. The number of amides is 1. The van der Waals surface area contributed by atoms with E-state index in [1.165, 1.54) is 16.8 Å². The molecule has 10 heteroatoms. The molecule has 1 amide bonds. The molecule has 0 bridgehead atoms. The number of alkyl halides is 3. The zero-order valence-corrected chi connectivity index (χ0v) is 20.3. The molecule has 1 unspecified atom stereocenters. The van der Waals surface area contributed by atoms with Crippen molar-refractivity contribution >= 4 is 5.91 Å². The Hall–Kier alpha value is -3.24. The molecule has 0 aliphatic carbocycles. The van der Waals surface area contributed by atoms with Gasteiger partial charge in [-0.05, 0) is 48.2 Å². The summed E-state index contributed by atoms with van der Waals surface area (Å²) in [6.45, 7) is 5.21. The summed E-state index contributed by atoms with van der Waals surface area (Å²) in [5.41, 5.74) is 1.18. The molecule has 1 atom stereocenters. The number of hydrogen-bond acceptors (Lipinski definition) is 4. The van der Waals surface area contributed by atoms with E-state index in [-0.39, 0.29) is 43.5 Å². The minimum Gasteiger partial charge on any atom is -0.394 e. The monoisotopic (exact) mass is 507 g/mol. The predicted molar refractivity (Wildman–Crippen MR) is 126 cm³/mol. The minimum atomic E-state index is -4.65. The van der Waals surface area contributed by atoms with E-state index < -0.39 is 29.5 Å². The topological polar surface area (TPSA) is 76.4 Å². The number of rotatable bonds is 10. The van der Waals surface area contributed by atoms with Gasteiger partial charge in [0.15, 0.2) is 5.69 Å². The van der Waals surface area contributed by atoms with Gasteiger partial charge in [-0.15, -0.1) is 0 Å². The number of carbonyl (C=O) groups is 1. The summed E-state index contributed by atoms with van der Waals surface area (Å²) in [6, 6.07) is 12.3. The maximum atomic E-state index is 14.4. The number of hydrogen-bond donors (Lipinski definition) is 2. The van der Waals surface area contributed by atoms with Crippen molar-refractivity contribution in [2.45, 2.75) is 51.9 Å². The molecule has 36 heavy (non-hydrogen) atoms. The van der Waals surface area contributed by atoms with Gasteiger partial charge in [0, 0.05) is 5.56 Å². The Bertz CT molecular complexity index is 1190. The first kappa shape index (κ1) is 27.3. The van der Waals surface area contributed by atoms with Crippen molar-refractivity contribution in [3.8, 4) is 5.69 Å². The second-order valence-corrected chi connectivity index (χ2v) is 8.75. The number of carbonyl (C=O) groups excluding carboxylic acids is 1. The van der Waals surface area contributed by atoms with Crippen molar-refractivity contribution in [2.75, 3.05) is 13.2 Å². The van der Waals surface area contributed by atoms with Crippen LogP contribution in [0.4, 0.5) is 17.6 Å². The molecule has 0 saturated carbocycles. The lowest BCUT2D eigenvalue weighted by molar-refractivity contribution is -0.141. The molecule has 3 rings (SSSR count). The molecule has 0 spiro atoms. The number of halogens is 4. The van der Waals surface area contributed by atoms with Gasteiger partial charge in [0.05, 0.1) is 43.7 Å². The van der Waals surface area contributed by atoms with Gasteiger partial charge < -0.3 is 15.2 Å². The van der Waals surface area contributed by atoms with Crippen LogP contribution >= 0.6 is 0 Å². The summed E-state index contributed by atoms with van der Waals surface area (Å²) in [5.74, 6) is -1.62. The van der Waals surface area contributed by atoms with Gasteiger partial charge in [-0.3, -0.25) is 4.79 Å². The second-order valence-electron chi connectivity index (χ2n) is 8.75. The van der Waals surface area contributed by atoms with Crippen LogP contribution in [0, 0.1) is 5.82 Å². The van der Waals surface area contributed by atoms with Crippen LogP contribution in [0.25, 0.3) is 5.69 Å². The van der Waals surface area contributed by atoms with Crippen LogP contribution in [0.15, 0.2) is 48.5 Å². The molecule has 2 N–H and O–H groups in total. The Morgan fingerprint density at radius 2 is 1.86 bits per heavy atom. The maximum absolute atomic E-state index is 14.4. The van der Waals surface area contributed by atoms with E-state index in [2.05, 4.69) is 10.4 Å². The molecule has 3 aromatic rings. The molecule has 1 heterocycles. The van der Waals surface area contributed by atoms with Crippen LogP contribution in [-0.2, 0) is 28.9 Å². The van der Waals surface area contributed by atoms with E-state index in [0.29, 0.717) is 11.3 Å². The highest BCUT2D eigenvalue weighted by molar-refractivity contribution is 5.83. The van der Waals surface area contributed by atoms with Crippen LogP contribution in [-0.4, -0.2) is 34.0 Å².